The van der Waals surface area contributed by atoms with E-state index in [1.165, 1.54) is 24.1 Å². The number of benzene rings is 2. The smallest absolute Gasteiger partial charge is 0.253 e. The fourth-order valence-electron chi connectivity index (χ4n) is 4.09. The average molecular weight is 476 g/mol. The van der Waals surface area contributed by atoms with Crippen molar-refractivity contribution in [3.05, 3.63) is 69.7 Å². The van der Waals surface area contributed by atoms with E-state index in [0.29, 0.717) is 11.6 Å². The van der Waals surface area contributed by atoms with Crippen molar-refractivity contribution in [1.82, 2.24) is 16.0 Å². The molecule has 3 rings (SSSR count). The van der Waals surface area contributed by atoms with E-state index in [0.717, 1.165) is 25.7 Å². The normalized spacial score (nSPS) is 14.9. The molecule has 1 saturated carbocycles. The van der Waals surface area contributed by atoms with E-state index in [1.54, 1.807) is 6.07 Å². The number of hydrogen-bond donors (Lipinski definition) is 3. The predicted octanol–water partition coefficient (Wildman–Crippen LogP) is 3.86. The summed E-state index contributed by atoms with van der Waals surface area (Å²) in [6.07, 6.45) is 5.55. The molecular formula is C24H27Cl2N3O3. The third-order valence-electron chi connectivity index (χ3n) is 5.85. The number of rotatable bonds is 8. The van der Waals surface area contributed by atoms with Crippen LogP contribution < -0.4 is 16.0 Å². The first-order chi connectivity index (χ1) is 15.4. The molecular weight excluding hydrogens is 449 g/mol. The predicted molar refractivity (Wildman–Crippen MR) is 126 cm³/mol. The van der Waals surface area contributed by atoms with Crippen LogP contribution in [-0.2, 0) is 15.0 Å². The number of halogens is 2. The number of nitrogens with one attached hydrogen (secondary N) is 3. The second-order valence-electron chi connectivity index (χ2n) is 8.07. The van der Waals surface area contributed by atoms with Gasteiger partial charge < -0.3 is 16.0 Å². The van der Waals surface area contributed by atoms with Crippen LogP contribution in [0, 0.1) is 0 Å². The van der Waals surface area contributed by atoms with Gasteiger partial charge in [-0.3, -0.25) is 14.4 Å². The Morgan fingerprint density at radius 2 is 1.47 bits per heavy atom. The van der Waals surface area contributed by atoms with E-state index in [2.05, 4.69) is 28.1 Å². The van der Waals surface area contributed by atoms with E-state index in [1.807, 2.05) is 18.2 Å². The molecule has 0 bridgehead atoms. The number of amides is 3. The summed E-state index contributed by atoms with van der Waals surface area (Å²) in [6, 6.07) is 14.8. The number of hydrogen-bond acceptors (Lipinski definition) is 3. The first-order valence-electron chi connectivity index (χ1n) is 10.7. The molecule has 0 radical (unpaired) electrons. The van der Waals surface area contributed by atoms with Crippen molar-refractivity contribution in [2.75, 3.05) is 19.6 Å². The van der Waals surface area contributed by atoms with Crippen LogP contribution in [-0.4, -0.2) is 37.4 Å². The van der Waals surface area contributed by atoms with Gasteiger partial charge in [0.15, 0.2) is 0 Å². The van der Waals surface area contributed by atoms with Gasteiger partial charge in [-0.05, 0) is 36.6 Å². The molecule has 3 N–H and O–H groups in total. The highest BCUT2D eigenvalue weighted by atomic mass is 35.5. The molecule has 0 atom stereocenters. The SMILES string of the molecule is O=C(CNC(=O)CNC(=O)c1ccc(Cl)cc1Cl)NCC1(c2ccccc2)CCCCC1. The fraction of sp³-hybridized carbons (Fsp3) is 0.375. The van der Waals surface area contributed by atoms with Crippen LogP contribution in [0.3, 0.4) is 0 Å². The number of carbonyl (C=O) groups is 3. The van der Waals surface area contributed by atoms with Crippen LogP contribution in [0.15, 0.2) is 48.5 Å². The van der Waals surface area contributed by atoms with Crippen molar-refractivity contribution in [1.29, 1.82) is 0 Å². The maximum absolute atomic E-state index is 12.4. The number of carbonyl (C=O) groups excluding carboxylic acids is 3. The largest absolute Gasteiger partial charge is 0.354 e. The molecule has 1 aliphatic carbocycles. The summed E-state index contributed by atoms with van der Waals surface area (Å²) in [6.45, 7) is 0.123. The lowest BCUT2D eigenvalue weighted by atomic mass is 9.69. The van der Waals surface area contributed by atoms with Gasteiger partial charge in [-0.2, -0.15) is 0 Å². The lowest BCUT2D eigenvalue weighted by molar-refractivity contribution is -0.125. The van der Waals surface area contributed by atoms with Gasteiger partial charge in [0.25, 0.3) is 5.91 Å². The zero-order chi connectivity index (χ0) is 23.0. The van der Waals surface area contributed by atoms with Crippen molar-refractivity contribution in [2.45, 2.75) is 37.5 Å². The standard InChI is InChI=1S/C24H27Cl2N3O3/c25-18-9-10-19(20(26)13-18)23(32)28-15-21(30)27-14-22(31)29-16-24(11-5-2-6-12-24)17-7-3-1-4-8-17/h1,3-4,7-10,13H,2,5-6,11-12,14-16H2,(H,27,30)(H,28,32)(H,29,31). The van der Waals surface area contributed by atoms with E-state index < -0.39 is 11.8 Å². The van der Waals surface area contributed by atoms with Gasteiger partial charge >= 0.3 is 0 Å². The molecule has 0 unspecified atom stereocenters. The molecule has 2 aromatic rings. The molecule has 0 saturated heterocycles. The maximum atomic E-state index is 12.4. The zero-order valence-electron chi connectivity index (χ0n) is 17.8. The third-order valence-corrected chi connectivity index (χ3v) is 6.40. The fourth-order valence-corrected chi connectivity index (χ4v) is 4.58. The first kappa shape index (κ1) is 24.1. The molecule has 0 spiro atoms. The summed E-state index contributed by atoms with van der Waals surface area (Å²) in [4.78, 5) is 36.6. The van der Waals surface area contributed by atoms with Gasteiger partial charge in [0.05, 0.1) is 23.7 Å². The molecule has 6 nitrogen and oxygen atoms in total. The molecule has 8 heteroatoms. The van der Waals surface area contributed by atoms with E-state index in [4.69, 9.17) is 23.2 Å². The van der Waals surface area contributed by atoms with Crippen molar-refractivity contribution in [3.63, 3.8) is 0 Å². The zero-order valence-corrected chi connectivity index (χ0v) is 19.3. The highest BCUT2D eigenvalue weighted by Gasteiger charge is 2.34. The minimum atomic E-state index is -0.492. The molecule has 2 aromatic carbocycles. The second kappa shape index (κ2) is 11.3. The molecule has 3 amide bonds. The van der Waals surface area contributed by atoms with Crippen LogP contribution in [0.1, 0.15) is 48.0 Å². The van der Waals surface area contributed by atoms with E-state index in [9.17, 15) is 14.4 Å². The second-order valence-corrected chi connectivity index (χ2v) is 8.91. The lowest BCUT2D eigenvalue weighted by Gasteiger charge is -2.38. The Morgan fingerprint density at radius 3 is 2.16 bits per heavy atom. The van der Waals surface area contributed by atoms with Gasteiger partial charge in [0.1, 0.15) is 0 Å². The Kier molecular flexibility index (Phi) is 8.53. The van der Waals surface area contributed by atoms with Crippen LogP contribution in [0.2, 0.25) is 10.0 Å². The van der Waals surface area contributed by atoms with Gasteiger partial charge in [-0.25, -0.2) is 0 Å². The summed E-state index contributed by atoms with van der Waals surface area (Å²) in [5, 5.41) is 8.61. The van der Waals surface area contributed by atoms with Gasteiger partial charge in [0, 0.05) is 17.0 Å². The van der Waals surface area contributed by atoms with E-state index >= 15 is 0 Å². The Morgan fingerprint density at radius 1 is 0.812 bits per heavy atom. The summed E-state index contributed by atoms with van der Waals surface area (Å²) in [7, 11) is 0. The highest BCUT2D eigenvalue weighted by Crippen LogP contribution is 2.38. The lowest BCUT2D eigenvalue weighted by Crippen LogP contribution is -2.46. The quantitative estimate of drug-likeness (QED) is 0.541. The minimum Gasteiger partial charge on any atom is -0.354 e. The molecule has 32 heavy (non-hydrogen) atoms. The molecule has 1 aliphatic rings. The molecule has 0 heterocycles. The van der Waals surface area contributed by atoms with Crippen LogP contribution in [0.5, 0.6) is 0 Å². The topological polar surface area (TPSA) is 87.3 Å². The van der Waals surface area contributed by atoms with Gasteiger partial charge in [-0.15, -0.1) is 0 Å². The molecule has 170 valence electrons. The Balaban J connectivity index is 1.44. The van der Waals surface area contributed by atoms with E-state index in [-0.39, 0.29) is 35.0 Å². The minimum absolute atomic E-state index is 0.0645. The third kappa shape index (κ3) is 6.47. The highest BCUT2D eigenvalue weighted by molar-refractivity contribution is 6.36. The summed E-state index contributed by atoms with van der Waals surface area (Å²) in [5.74, 6) is -1.21. The molecule has 1 fully saturated rings. The summed E-state index contributed by atoms with van der Waals surface area (Å²) in [5.41, 5.74) is 1.40. The van der Waals surface area contributed by atoms with Crippen molar-refractivity contribution >= 4 is 40.9 Å². The van der Waals surface area contributed by atoms with Gasteiger partial charge in [0.2, 0.25) is 11.8 Å². The Hall–Kier alpha value is -2.57. The van der Waals surface area contributed by atoms with Gasteiger partial charge in [-0.1, -0.05) is 72.8 Å². The van der Waals surface area contributed by atoms with Crippen molar-refractivity contribution in [3.8, 4) is 0 Å². The van der Waals surface area contributed by atoms with Crippen LogP contribution >= 0.6 is 23.2 Å². The van der Waals surface area contributed by atoms with Crippen LogP contribution in [0.4, 0.5) is 0 Å². The Bertz CT molecular complexity index is 960. The first-order valence-corrected chi connectivity index (χ1v) is 11.5. The average Bonchev–Trinajstić information content (AvgIpc) is 2.81. The molecule has 0 aromatic heterocycles. The summed E-state index contributed by atoms with van der Waals surface area (Å²) < 4.78 is 0. The maximum Gasteiger partial charge on any atom is 0.253 e. The monoisotopic (exact) mass is 475 g/mol. The van der Waals surface area contributed by atoms with Crippen molar-refractivity contribution in [2.24, 2.45) is 0 Å². The van der Waals surface area contributed by atoms with Crippen LogP contribution in [0.25, 0.3) is 0 Å². The summed E-state index contributed by atoms with van der Waals surface area (Å²) >= 11 is 11.8. The molecule has 0 aliphatic heterocycles. The Labute approximate surface area is 198 Å². The van der Waals surface area contributed by atoms with Crippen molar-refractivity contribution < 1.29 is 14.4 Å².